The lowest BCUT2D eigenvalue weighted by Gasteiger charge is -2.19. The lowest BCUT2D eigenvalue weighted by Crippen LogP contribution is -2.51. The van der Waals surface area contributed by atoms with Gasteiger partial charge in [-0.05, 0) is 30.7 Å². The number of carbonyl (C=O) groups is 3. The van der Waals surface area contributed by atoms with Gasteiger partial charge >= 0.3 is 12.0 Å². The molecule has 0 bridgehead atoms. The summed E-state index contributed by atoms with van der Waals surface area (Å²) in [5.41, 5.74) is 1.25. The minimum Gasteiger partial charge on any atom is -0.480 e. The number of hydrogen-bond acceptors (Lipinski definition) is 3. The van der Waals surface area contributed by atoms with E-state index < -0.39 is 30.0 Å². The molecule has 2 aromatic carbocycles. The minimum atomic E-state index is -1.15. The summed E-state index contributed by atoms with van der Waals surface area (Å²) in [6, 6.07) is 12.9. The number of carboxylic acid groups (broad SMARTS) is 1. The maximum atomic E-state index is 12.3. The van der Waals surface area contributed by atoms with Gasteiger partial charge in [-0.15, -0.1) is 0 Å². The van der Waals surface area contributed by atoms with Gasteiger partial charge in [0.1, 0.15) is 12.1 Å². The fourth-order valence-electron chi connectivity index (χ4n) is 2.34. The zero-order chi connectivity index (χ0) is 19.8. The van der Waals surface area contributed by atoms with Crippen molar-refractivity contribution in [3.63, 3.8) is 0 Å². The summed E-state index contributed by atoms with van der Waals surface area (Å²) in [5.74, 6) is -1.75. The van der Waals surface area contributed by atoms with Gasteiger partial charge in [0.05, 0.1) is 0 Å². The number of amides is 3. The zero-order valence-electron chi connectivity index (χ0n) is 14.6. The van der Waals surface area contributed by atoms with Crippen LogP contribution in [0.3, 0.4) is 0 Å². The van der Waals surface area contributed by atoms with E-state index >= 15 is 0 Å². The van der Waals surface area contributed by atoms with E-state index in [4.69, 9.17) is 11.6 Å². The van der Waals surface area contributed by atoms with Crippen LogP contribution in [0.1, 0.15) is 12.5 Å². The third kappa shape index (κ3) is 6.63. The number of anilines is 1. The first kappa shape index (κ1) is 20.3. The fourth-order valence-corrected chi connectivity index (χ4v) is 2.53. The molecule has 0 aliphatic heterocycles. The highest BCUT2D eigenvalue weighted by molar-refractivity contribution is 6.30. The Labute approximate surface area is 161 Å². The van der Waals surface area contributed by atoms with Crippen molar-refractivity contribution in [3.8, 4) is 0 Å². The summed E-state index contributed by atoms with van der Waals surface area (Å²) in [4.78, 5) is 35.7. The second kappa shape index (κ2) is 9.59. The molecule has 0 heterocycles. The molecule has 27 heavy (non-hydrogen) atoms. The molecular formula is C19H20ClN3O4. The Hall–Kier alpha value is -3.06. The summed E-state index contributed by atoms with van der Waals surface area (Å²) in [6.07, 6.45) is 0.142. The maximum Gasteiger partial charge on any atom is 0.326 e. The van der Waals surface area contributed by atoms with Gasteiger partial charge < -0.3 is 21.1 Å². The molecule has 0 radical (unpaired) electrons. The maximum absolute atomic E-state index is 12.3. The number of carbonyl (C=O) groups excluding carboxylic acids is 2. The standard InChI is InChI=1S/C19H20ClN3O4/c1-12(21-19(27)22-15-9-5-8-14(20)11-15)17(24)23-16(18(25)26)10-13-6-3-2-4-7-13/h2-9,11-12,16H,10H2,1H3,(H,23,24)(H,25,26)(H2,21,22,27)/t12-,16-/m1/s1. The highest BCUT2D eigenvalue weighted by Crippen LogP contribution is 2.14. The number of carboxylic acids is 1. The quantitative estimate of drug-likeness (QED) is 0.583. The normalized spacial score (nSPS) is 12.5. The van der Waals surface area contributed by atoms with E-state index in [0.717, 1.165) is 5.56 Å². The van der Waals surface area contributed by atoms with Crippen LogP contribution in [0.2, 0.25) is 5.02 Å². The van der Waals surface area contributed by atoms with E-state index in [1.165, 1.54) is 6.92 Å². The van der Waals surface area contributed by atoms with E-state index in [9.17, 15) is 19.5 Å². The van der Waals surface area contributed by atoms with Crippen LogP contribution < -0.4 is 16.0 Å². The third-order valence-electron chi connectivity index (χ3n) is 3.72. The third-order valence-corrected chi connectivity index (χ3v) is 3.96. The molecule has 2 atom stereocenters. The Morgan fingerprint density at radius 1 is 1.04 bits per heavy atom. The van der Waals surface area contributed by atoms with Crippen LogP contribution in [0, 0.1) is 0 Å². The van der Waals surface area contributed by atoms with Crippen LogP contribution >= 0.6 is 11.6 Å². The lowest BCUT2D eigenvalue weighted by atomic mass is 10.1. The van der Waals surface area contributed by atoms with E-state index in [1.54, 1.807) is 48.5 Å². The Balaban J connectivity index is 1.90. The molecule has 0 saturated heterocycles. The number of halogens is 1. The van der Waals surface area contributed by atoms with E-state index in [2.05, 4.69) is 16.0 Å². The van der Waals surface area contributed by atoms with Crippen LogP contribution in [-0.4, -0.2) is 35.1 Å². The number of hydrogen-bond donors (Lipinski definition) is 4. The smallest absolute Gasteiger partial charge is 0.326 e. The van der Waals surface area contributed by atoms with Crippen molar-refractivity contribution >= 4 is 35.2 Å². The summed E-state index contributed by atoms with van der Waals surface area (Å²) in [6.45, 7) is 1.47. The van der Waals surface area contributed by atoms with Gasteiger partial charge in [-0.25, -0.2) is 9.59 Å². The van der Waals surface area contributed by atoms with E-state index in [0.29, 0.717) is 10.7 Å². The average Bonchev–Trinajstić information content (AvgIpc) is 2.61. The number of aliphatic carboxylic acids is 1. The summed E-state index contributed by atoms with van der Waals surface area (Å²) >= 11 is 5.85. The summed E-state index contributed by atoms with van der Waals surface area (Å²) in [5, 5.41) is 17.3. The zero-order valence-corrected chi connectivity index (χ0v) is 15.4. The first-order chi connectivity index (χ1) is 12.8. The Morgan fingerprint density at radius 3 is 2.37 bits per heavy atom. The van der Waals surface area contributed by atoms with Crippen molar-refractivity contribution in [1.82, 2.24) is 10.6 Å². The van der Waals surface area contributed by atoms with Crippen molar-refractivity contribution in [2.45, 2.75) is 25.4 Å². The minimum absolute atomic E-state index is 0.142. The van der Waals surface area contributed by atoms with Gasteiger partial charge in [-0.3, -0.25) is 4.79 Å². The highest BCUT2D eigenvalue weighted by atomic mass is 35.5. The molecule has 0 aromatic heterocycles. The Bertz CT molecular complexity index is 814. The van der Waals surface area contributed by atoms with Gasteiger partial charge in [-0.2, -0.15) is 0 Å². The molecule has 7 nitrogen and oxygen atoms in total. The van der Waals surface area contributed by atoms with Gasteiger partial charge in [0.2, 0.25) is 5.91 Å². The van der Waals surface area contributed by atoms with Crippen molar-refractivity contribution in [2.75, 3.05) is 5.32 Å². The number of urea groups is 1. The number of nitrogens with one attached hydrogen (secondary N) is 3. The molecule has 0 saturated carbocycles. The summed E-state index contributed by atoms with van der Waals surface area (Å²) in [7, 11) is 0. The molecule has 3 amide bonds. The number of rotatable bonds is 7. The van der Waals surface area contributed by atoms with Crippen molar-refractivity contribution in [3.05, 3.63) is 65.2 Å². The van der Waals surface area contributed by atoms with Gasteiger partial charge in [0.25, 0.3) is 0 Å². The number of benzene rings is 2. The molecule has 2 rings (SSSR count). The molecule has 8 heteroatoms. The van der Waals surface area contributed by atoms with Crippen molar-refractivity contribution in [2.24, 2.45) is 0 Å². The van der Waals surface area contributed by atoms with Gasteiger partial charge in [0.15, 0.2) is 0 Å². The van der Waals surface area contributed by atoms with E-state index in [1.807, 2.05) is 6.07 Å². The topological polar surface area (TPSA) is 108 Å². The van der Waals surface area contributed by atoms with Crippen LogP contribution in [0.5, 0.6) is 0 Å². The summed E-state index contributed by atoms with van der Waals surface area (Å²) < 4.78 is 0. The van der Waals surface area contributed by atoms with Crippen LogP contribution in [0.4, 0.5) is 10.5 Å². The van der Waals surface area contributed by atoms with Crippen molar-refractivity contribution < 1.29 is 19.5 Å². The molecule has 0 fully saturated rings. The average molecular weight is 390 g/mol. The Kier molecular flexibility index (Phi) is 7.19. The first-order valence-corrected chi connectivity index (χ1v) is 8.63. The second-order valence-electron chi connectivity index (χ2n) is 5.92. The fraction of sp³-hybridized carbons (Fsp3) is 0.211. The molecular weight excluding hydrogens is 370 g/mol. The second-order valence-corrected chi connectivity index (χ2v) is 6.36. The lowest BCUT2D eigenvalue weighted by molar-refractivity contribution is -0.142. The van der Waals surface area contributed by atoms with Gasteiger partial charge in [0, 0.05) is 17.1 Å². The molecule has 0 spiro atoms. The molecule has 0 aliphatic rings. The van der Waals surface area contributed by atoms with Crippen LogP contribution in [-0.2, 0) is 16.0 Å². The van der Waals surface area contributed by atoms with Crippen molar-refractivity contribution in [1.29, 1.82) is 0 Å². The molecule has 142 valence electrons. The molecule has 4 N–H and O–H groups in total. The first-order valence-electron chi connectivity index (χ1n) is 8.25. The molecule has 2 aromatic rings. The highest BCUT2D eigenvalue weighted by Gasteiger charge is 2.24. The molecule has 0 unspecified atom stereocenters. The van der Waals surface area contributed by atoms with E-state index in [-0.39, 0.29) is 6.42 Å². The van der Waals surface area contributed by atoms with Gasteiger partial charge in [-0.1, -0.05) is 48.0 Å². The Morgan fingerprint density at radius 2 is 1.74 bits per heavy atom. The predicted molar refractivity (Wildman–Crippen MR) is 103 cm³/mol. The largest absolute Gasteiger partial charge is 0.480 e. The monoisotopic (exact) mass is 389 g/mol. The molecule has 0 aliphatic carbocycles. The van der Waals surface area contributed by atoms with Crippen LogP contribution in [0.25, 0.3) is 0 Å². The SMILES string of the molecule is C[C@@H](NC(=O)Nc1cccc(Cl)c1)C(=O)N[C@H](Cc1ccccc1)C(=O)O. The van der Waals surface area contributed by atoms with Crippen LogP contribution in [0.15, 0.2) is 54.6 Å². The predicted octanol–water partition coefficient (Wildman–Crippen LogP) is 2.66.